The van der Waals surface area contributed by atoms with Crippen molar-refractivity contribution in [3.63, 3.8) is 0 Å². The summed E-state index contributed by atoms with van der Waals surface area (Å²) < 4.78 is 26.3. The van der Waals surface area contributed by atoms with E-state index in [1.54, 1.807) is 37.3 Å². The lowest BCUT2D eigenvalue weighted by atomic mass is 10.0. The fourth-order valence-electron chi connectivity index (χ4n) is 2.92. The van der Waals surface area contributed by atoms with Gasteiger partial charge in [-0.05, 0) is 60.8 Å². The Bertz CT molecular complexity index is 923. The SMILES string of the molecule is Cc1ccc(NCC(=O)O)c(S(=O)(=O)c2ccc3c(c2)CNCC3)c1. The number of carboxylic acid groups (broad SMARTS) is 1. The Balaban J connectivity index is 2.05. The van der Waals surface area contributed by atoms with Gasteiger partial charge in [0.05, 0.1) is 15.5 Å². The van der Waals surface area contributed by atoms with Crippen LogP contribution >= 0.6 is 0 Å². The van der Waals surface area contributed by atoms with Crippen molar-refractivity contribution in [1.82, 2.24) is 5.32 Å². The minimum atomic E-state index is -3.76. The van der Waals surface area contributed by atoms with Gasteiger partial charge in [0.2, 0.25) is 9.84 Å². The van der Waals surface area contributed by atoms with Crippen molar-refractivity contribution in [3.05, 3.63) is 53.1 Å². The molecule has 6 nitrogen and oxygen atoms in total. The lowest BCUT2D eigenvalue weighted by Crippen LogP contribution is -2.23. The van der Waals surface area contributed by atoms with E-state index in [9.17, 15) is 13.2 Å². The number of rotatable bonds is 5. The molecule has 25 heavy (non-hydrogen) atoms. The molecule has 2 aromatic carbocycles. The number of aryl methyl sites for hydroxylation is 1. The van der Waals surface area contributed by atoms with Crippen LogP contribution in [0.3, 0.4) is 0 Å². The predicted molar refractivity (Wildman–Crippen MR) is 94.6 cm³/mol. The molecule has 7 heteroatoms. The molecule has 1 aliphatic heterocycles. The van der Waals surface area contributed by atoms with E-state index in [-0.39, 0.29) is 16.3 Å². The van der Waals surface area contributed by atoms with Crippen LogP contribution in [0.4, 0.5) is 5.69 Å². The van der Waals surface area contributed by atoms with Gasteiger partial charge < -0.3 is 15.7 Å². The smallest absolute Gasteiger partial charge is 0.322 e. The number of hydrogen-bond donors (Lipinski definition) is 3. The molecule has 0 radical (unpaired) electrons. The summed E-state index contributed by atoms with van der Waals surface area (Å²) in [5.74, 6) is -1.05. The Morgan fingerprint density at radius 1 is 1.20 bits per heavy atom. The molecule has 0 aromatic heterocycles. The molecule has 0 fully saturated rings. The van der Waals surface area contributed by atoms with Crippen LogP contribution in [0.2, 0.25) is 0 Å². The maximum atomic E-state index is 13.1. The van der Waals surface area contributed by atoms with E-state index >= 15 is 0 Å². The van der Waals surface area contributed by atoms with Crippen molar-refractivity contribution in [2.24, 2.45) is 0 Å². The first-order valence-electron chi connectivity index (χ1n) is 8.02. The van der Waals surface area contributed by atoms with E-state index in [0.717, 1.165) is 29.7 Å². The number of sulfone groups is 1. The summed E-state index contributed by atoms with van der Waals surface area (Å²) in [6.45, 7) is 2.99. The van der Waals surface area contributed by atoms with E-state index in [1.165, 1.54) is 0 Å². The summed E-state index contributed by atoms with van der Waals surface area (Å²) in [5, 5.41) is 14.8. The fraction of sp³-hybridized carbons (Fsp3) is 0.278. The molecule has 3 rings (SSSR count). The van der Waals surface area contributed by atoms with Gasteiger partial charge in [0.1, 0.15) is 6.54 Å². The van der Waals surface area contributed by atoms with Gasteiger partial charge >= 0.3 is 5.97 Å². The predicted octanol–water partition coefficient (Wildman–Crippen LogP) is 1.97. The number of carbonyl (C=O) groups is 1. The van der Waals surface area contributed by atoms with Crippen molar-refractivity contribution in [2.45, 2.75) is 29.7 Å². The van der Waals surface area contributed by atoms with Gasteiger partial charge in [-0.2, -0.15) is 0 Å². The number of benzene rings is 2. The number of carboxylic acids is 1. The first-order valence-corrected chi connectivity index (χ1v) is 9.50. The molecule has 2 aromatic rings. The highest BCUT2D eigenvalue weighted by atomic mass is 32.2. The van der Waals surface area contributed by atoms with Crippen molar-refractivity contribution >= 4 is 21.5 Å². The molecule has 0 saturated carbocycles. The summed E-state index contributed by atoms with van der Waals surface area (Å²) in [7, 11) is -3.76. The van der Waals surface area contributed by atoms with Crippen LogP contribution < -0.4 is 10.6 Å². The highest BCUT2D eigenvalue weighted by Gasteiger charge is 2.23. The molecular formula is C18H20N2O4S. The average molecular weight is 360 g/mol. The molecule has 3 N–H and O–H groups in total. The Hall–Kier alpha value is -2.38. The Morgan fingerprint density at radius 3 is 2.76 bits per heavy atom. The summed E-state index contributed by atoms with van der Waals surface area (Å²) in [6.07, 6.45) is 0.880. The van der Waals surface area contributed by atoms with E-state index < -0.39 is 15.8 Å². The molecule has 0 bridgehead atoms. The molecule has 132 valence electrons. The van der Waals surface area contributed by atoms with Crippen molar-refractivity contribution < 1.29 is 18.3 Å². The van der Waals surface area contributed by atoms with Gasteiger partial charge in [0, 0.05) is 6.54 Å². The Morgan fingerprint density at radius 2 is 2.00 bits per heavy atom. The number of nitrogens with one attached hydrogen (secondary N) is 2. The largest absolute Gasteiger partial charge is 0.480 e. The molecule has 0 unspecified atom stereocenters. The van der Waals surface area contributed by atoms with E-state index in [2.05, 4.69) is 10.6 Å². The highest BCUT2D eigenvalue weighted by molar-refractivity contribution is 7.91. The minimum Gasteiger partial charge on any atom is -0.480 e. The third-order valence-corrected chi connectivity index (χ3v) is 6.02. The molecule has 1 heterocycles. The van der Waals surface area contributed by atoms with Gasteiger partial charge in [-0.1, -0.05) is 12.1 Å². The van der Waals surface area contributed by atoms with E-state index in [1.807, 2.05) is 6.07 Å². The van der Waals surface area contributed by atoms with Crippen LogP contribution in [0.25, 0.3) is 0 Å². The normalized spacial score (nSPS) is 14.0. The summed E-state index contributed by atoms with van der Waals surface area (Å²) in [5.41, 5.74) is 3.23. The topological polar surface area (TPSA) is 95.5 Å². The molecule has 0 atom stereocenters. The third kappa shape index (κ3) is 3.67. The third-order valence-electron chi connectivity index (χ3n) is 4.23. The van der Waals surface area contributed by atoms with Crippen LogP contribution in [0.5, 0.6) is 0 Å². The van der Waals surface area contributed by atoms with Crippen LogP contribution in [0, 0.1) is 6.92 Å². The first kappa shape index (κ1) is 17.4. The van der Waals surface area contributed by atoms with Crippen LogP contribution in [0.15, 0.2) is 46.2 Å². The van der Waals surface area contributed by atoms with Gasteiger partial charge in [-0.15, -0.1) is 0 Å². The second-order valence-electron chi connectivity index (χ2n) is 6.11. The lowest BCUT2D eigenvalue weighted by Gasteiger charge is -2.18. The van der Waals surface area contributed by atoms with Gasteiger partial charge in [0.15, 0.2) is 0 Å². The van der Waals surface area contributed by atoms with E-state index in [0.29, 0.717) is 12.2 Å². The monoisotopic (exact) mass is 360 g/mol. The maximum absolute atomic E-state index is 13.1. The van der Waals surface area contributed by atoms with Crippen LogP contribution in [-0.2, 0) is 27.6 Å². The molecular weight excluding hydrogens is 340 g/mol. The fourth-order valence-corrected chi connectivity index (χ4v) is 4.49. The van der Waals surface area contributed by atoms with Crippen LogP contribution in [-0.4, -0.2) is 32.6 Å². The highest BCUT2D eigenvalue weighted by Crippen LogP contribution is 2.30. The second-order valence-corrected chi connectivity index (χ2v) is 8.03. The van der Waals surface area contributed by atoms with Crippen molar-refractivity contribution in [2.75, 3.05) is 18.4 Å². The van der Waals surface area contributed by atoms with Crippen molar-refractivity contribution in [1.29, 1.82) is 0 Å². The standard InChI is InChI=1S/C18H20N2O4S/c1-12-2-5-16(20-11-18(21)22)17(8-12)25(23,24)15-4-3-13-6-7-19-10-14(13)9-15/h2-5,8-9,19-20H,6-7,10-11H2,1H3,(H,21,22). The van der Waals surface area contributed by atoms with Crippen LogP contribution in [0.1, 0.15) is 16.7 Å². The average Bonchev–Trinajstić information content (AvgIpc) is 2.60. The number of aliphatic carboxylic acids is 1. The number of anilines is 1. The maximum Gasteiger partial charge on any atom is 0.322 e. The second kappa shape index (κ2) is 6.85. The minimum absolute atomic E-state index is 0.0949. The number of fused-ring (bicyclic) bond motifs is 1. The quantitative estimate of drug-likeness (QED) is 0.755. The summed E-state index contributed by atoms with van der Waals surface area (Å²) >= 11 is 0. The first-order chi connectivity index (χ1) is 11.9. The van der Waals surface area contributed by atoms with Gasteiger partial charge in [-0.25, -0.2) is 8.42 Å². The zero-order valence-corrected chi connectivity index (χ0v) is 14.7. The molecule has 1 aliphatic rings. The van der Waals surface area contributed by atoms with Gasteiger partial charge in [0.25, 0.3) is 0 Å². The van der Waals surface area contributed by atoms with E-state index in [4.69, 9.17) is 5.11 Å². The zero-order valence-electron chi connectivity index (χ0n) is 13.9. The van der Waals surface area contributed by atoms with Gasteiger partial charge in [-0.3, -0.25) is 4.79 Å². The Kier molecular flexibility index (Phi) is 4.78. The number of hydrogen-bond acceptors (Lipinski definition) is 5. The molecule has 0 amide bonds. The zero-order chi connectivity index (χ0) is 18.0. The lowest BCUT2D eigenvalue weighted by molar-refractivity contribution is -0.134. The molecule has 0 aliphatic carbocycles. The Labute approximate surface area is 146 Å². The van der Waals surface area contributed by atoms with Crippen molar-refractivity contribution in [3.8, 4) is 0 Å². The molecule has 0 saturated heterocycles. The molecule has 0 spiro atoms. The summed E-state index contributed by atoms with van der Waals surface area (Å²) in [6, 6.07) is 10.1. The summed E-state index contributed by atoms with van der Waals surface area (Å²) in [4.78, 5) is 11.1.